The summed E-state index contributed by atoms with van der Waals surface area (Å²) in [6.07, 6.45) is 0. The fourth-order valence-electron chi connectivity index (χ4n) is 2.31. The highest BCUT2D eigenvalue weighted by atomic mass is 79.9. The number of amides is 1. The molecule has 3 aromatic rings. The normalized spacial score (nSPS) is 10.9. The molecule has 2 heterocycles. The molecule has 0 aliphatic heterocycles. The summed E-state index contributed by atoms with van der Waals surface area (Å²) in [5, 5.41) is 12.0. The third-order valence-corrected chi connectivity index (χ3v) is 5.60. The van der Waals surface area contributed by atoms with Crippen molar-refractivity contribution in [3.63, 3.8) is 0 Å². The monoisotopic (exact) mass is 390 g/mol. The number of thiophene rings is 1. The number of nitrogens with one attached hydrogen (secondary N) is 1. The van der Waals surface area contributed by atoms with Crippen LogP contribution < -0.4 is 11.1 Å². The van der Waals surface area contributed by atoms with Crippen LogP contribution in [0.5, 0.6) is 0 Å². The molecule has 2 aromatic heterocycles. The van der Waals surface area contributed by atoms with Crippen LogP contribution in [0.15, 0.2) is 28.7 Å². The molecule has 0 atom stereocenters. The number of nitrogen functional groups attached to an aromatic ring is 1. The van der Waals surface area contributed by atoms with Gasteiger partial charge >= 0.3 is 0 Å². The smallest absolute Gasteiger partial charge is 0.263 e. The number of hydrogen-bond acceptors (Lipinski definition) is 5. The molecule has 0 unspecified atom stereocenters. The largest absolute Gasteiger partial charge is 0.397 e. The van der Waals surface area contributed by atoms with Crippen molar-refractivity contribution in [3.05, 3.63) is 50.4 Å². The van der Waals surface area contributed by atoms with Gasteiger partial charge < -0.3 is 11.1 Å². The second-order valence-electron chi connectivity index (χ2n) is 5.21. The van der Waals surface area contributed by atoms with Crippen molar-refractivity contribution in [2.45, 2.75) is 20.4 Å². The lowest BCUT2D eigenvalue weighted by Gasteiger charge is -2.06. The quantitative estimate of drug-likeness (QED) is 0.715. The summed E-state index contributed by atoms with van der Waals surface area (Å²) in [6.45, 7) is 4.25. The zero-order valence-electron chi connectivity index (χ0n) is 12.7. The van der Waals surface area contributed by atoms with Crippen LogP contribution in [0.4, 0.5) is 5.69 Å². The third-order valence-electron chi connectivity index (χ3n) is 3.74. The molecule has 0 saturated carbocycles. The van der Waals surface area contributed by atoms with Gasteiger partial charge in [-0.2, -0.15) is 5.10 Å². The molecule has 1 amide bonds. The van der Waals surface area contributed by atoms with E-state index in [0.717, 1.165) is 26.7 Å². The maximum absolute atomic E-state index is 12.5. The van der Waals surface area contributed by atoms with Crippen molar-refractivity contribution in [1.29, 1.82) is 0 Å². The highest BCUT2D eigenvalue weighted by Crippen LogP contribution is 2.34. The molecule has 3 rings (SSSR count). The minimum Gasteiger partial charge on any atom is -0.397 e. The number of hydrogen-bond donors (Lipinski definition) is 2. The van der Waals surface area contributed by atoms with Gasteiger partial charge in [-0.15, -0.1) is 16.4 Å². The second kappa shape index (κ2) is 6.25. The van der Waals surface area contributed by atoms with E-state index >= 15 is 0 Å². The molecule has 0 radical (unpaired) electrons. The lowest BCUT2D eigenvalue weighted by atomic mass is 10.1. The Morgan fingerprint density at radius 1 is 1.30 bits per heavy atom. The number of anilines is 1. The van der Waals surface area contributed by atoms with Gasteiger partial charge in [0.1, 0.15) is 9.71 Å². The van der Waals surface area contributed by atoms with Crippen molar-refractivity contribution in [1.82, 2.24) is 15.5 Å². The van der Waals surface area contributed by atoms with Crippen LogP contribution in [0.3, 0.4) is 0 Å². The van der Waals surface area contributed by atoms with Crippen LogP contribution in [0.2, 0.25) is 0 Å². The van der Waals surface area contributed by atoms with Crippen molar-refractivity contribution < 1.29 is 4.79 Å². The van der Waals surface area contributed by atoms with Crippen LogP contribution in [-0.4, -0.2) is 16.1 Å². The average Bonchev–Trinajstić information content (AvgIpc) is 2.87. The third kappa shape index (κ3) is 2.94. The van der Waals surface area contributed by atoms with Gasteiger partial charge in [0, 0.05) is 16.4 Å². The van der Waals surface area contributed by atoms with E-state index in [4.69, 9.17) is 5.73 Å². The van der Waals surface area contributed by atoms with E-state index < -0.39 is 0 Å². The molecular formula is C16H15BrN4OS. The fourth-order valence-corrected chi connectivity index (χ4v) is 3.75. The number of rotatable bonds is 3. The Labute approximate surface area is 146 Å². The van der Waals surface area contributed by atoms with E-state index in [2.05, 4.69) is 31.4 Å². The van der Waals surface area contributed by atoms with Crippen molar-refractivity contribution >= 4 is 49.1 Å². The summed E-state index contributed by atoms with van der Waals surface area (Å²) in [7, 11) is 0. The SMILES string of the molecule is Cc1nnc2sc(C(=O)NCc3ccccc3Br)c(N)c2c1C. The molecule has 0 saturated heterocycles. The number of carbonyl (C=O) groups excluding carboxylic acids is 1. The number of fused-ring (bicyclic) bond motifs is 1. The van der Waals surface area contributed by atoms with E-state index in [9.17, 15) is 4.79 Å². The van der Waals surface area contributed by atoms with Crippen molar-refractivity contribution in [2.24, 2.45) is 0 Å². The van der Waals surface area contributed by atoms with Gasteiger partial charge in [0.05, 0.1) is 11.4 Å². The Kier molecular flexibility index (Phi) is 4.32. The maximum Gasteiger partial charge on any atom is 0.263 e. The van der Waals surface area contributed by atoms with Crippen molar-refractivity contribution in [2.75, 3.05) is 5.73 Å². The van der Waals surface area contributed by atoms with E-state index in [-0.39, 0.29) is 5.91 Å². The summed E-state index contributed by atoms with van der Waals surface area (Å²) in [4.78, 5) is 13.6. The van der Waals surface area contributed by atoms with Crippen LogP contribution >= 0.6 is 27.3 Å². The molecule has 118 valence electrons. The van der Waals surface area contributed by atoms with Gasteiger partial charge in [-0.25, -0.2) is 0 Å². The number of halogens is 1. The molecule has 7 heteroatoms. The predicted octanol–water partition coefficient (Wildman–Crippen LogP) is 3.58. The molecule has 1 aromatic carbocycles. The maximum atomic E-state index is 12.5. The molecule has 0 bridgehead atoms. The number of benzene rings is 1. The highest BCUT2D eigenvalue weighted by Gasteiger charge is 2.19. The zero-order valence-corrected chi connectivity index (χ0v) is 15.1. The van der Waals surface area contributed by atoms with Gasteiger partial charge in [0.15, 0.2) is 0 Å². The predicted molar refractivity (Wildman–Crippen MR) is 96.6 cm³/mol. The highest BCUT2D eigenvalue weighted by molar-refractivity contribution is 9.10. The average molecular weight is 391 g/mol. The molecule has 0 fully saturated rings. The van der Waals surface area contributed by atoms with Crippen molar-refractivity contribution in [3.8, 4) is 0 Å². The number of aromatic nitrogens is 2. The summed E-state index contributed by atoms with van der Waals surface area (Å²) < 4.78 is 0.960. The van der Waals surface area contributed by atoms with E-state index in [1.807, 2.05) is 38.1 Å². The zero-order chi connectivity index (χ0) is 16.6. The lowest BCUT2D eigenvalue weighted by Crippen LogP contribution is -2.22. The lowest BCUT2D eigenvalue weighted by molar-refractivity contribution is 0.0956. The summed E-state index contributed by atoms with van der Waals surface area (Å²) in [5.41, 5.74) is 9.45. The standard InChI is InChI=1S/C16H15BrN4OS/c1-8-9(2)20-21-16-12(8)13(18)14(23-16)15(22)19-7-10-5-3-4-6-11(10)17/h3-6H,7,18H2,1-2H3,(H,19,22). The molecule has 0 aliphatic carbocycles. The number of nitrogens with zero attached hydrogens (tertiary/aromatic N) is 2. The summed E-state index contributed by atoms with van der Waals surface area (Å²) in [5.74, 6) is -0.196. The van der Waals surface area contributed by atoms with E-state index in [0.29, 0.717) is 21.9 Å². The topological polar surface area (TPSA) is 80.9 Å². The molecule has 0 aliphatic rings. The molecule has 3 N–H and O–H groups in total. The summed E-state index contributed by atoms with van der Waals surface area (Å²) in [6, 6.07) is 7.76. The fraction of sp³-hybridized carbons (Fsp3) is 0.188. The van der Waals surface area contributed by atoms with Gasteiger partial charge in [-0.3, -0.25) is 4.79 Å². The van der Waals surface area contributed by atoms with Gasteiger partial charge in [0.25, 0.3) is 5.91 Å². The number of aryl methyl sites for hydroxylation is 2. The Morgan fingerprint density at radius 3 is 2.78 bits per heavy atom. The van der Waals surface area contributed by atoms with Crippen LogP contribution in [0, 0.1) is 13.8 Å². The van der Waals surface area contributed by atoms with Crippen LogP contribution in [-0.2, 0) is 6.54 Å². The van der Waals surface area contributed by atoms with Gasteiger partial charge in [-0.05, 0) is 31.0 Å². The first-order chi connectivity index (χ1) is 11.0. The van der Waals surface area contributed by atoms with Crippen LogP contribution in [0.1, 0.15) is 26.5 Å². The Hall–Kier alpha value is -1.99. The first-order valence-electron chi connectivity index (χ1n) is 7.02. The minimum absolute atomic E-state index is 0.196. The number of nitrogens with two attached hydrogens (primary N) is 1. The van der Waals surface area contributed by atoms with Gasteiger partial charge in [0.2, 0.25) is 0 Å². The molecule has 0 spiro atoms. The van der Waals surface area contributed by atoms with E-state index in [1.54, 1.807) is 0 Å². The molecule has 5 nitrogen and oxygen atoms in total. The summed E-state index contributed by atoms with van der Waals surface area (Å²) >= 11 is 4.74. The molecular weight excluding hydrogens is 376 g/mol. The minimum atomic E-state index is -0.196. The second-order valence-corrected chi connectivity index (χ2v) is 7.06. The Balaban J connectivity index is 1.88. The number of carbonyl (C=O) groups is 1. The molecule has 23 heavy (non-hydrogen) atoms. The first kappa shape index (κ1) is 15.9. The van der Waals surface area contributed by atoms with Crippen LogP contribution in [0.25, 0.3) is 10.2 Å². The van der Waals surface area contributed by atoms with E-state index in [1.165, 1.54) is 11.3 Å². The Bertz CT molecular complexity index is 906. The van der Waals surface area contributed by atoms with Gasteiger partial charge in [-0.1, -0.05) is 34.1 Å². The Morgan fingerprint density at radius 2 is 2.04 bits per heavy atom. The first-order valence-corrected chi connectivity index (χ1v) is 8.63.